The molecule has 0 saturated carbocycles. The molecule has 0 spiro atoms. The van der Waals surface area contributed by atoms with E-state index in [2.05, 4.69) is 46.5 Å². The molecule has 0 atom stereocenters. The largest absolute Gasteiger partial charge is 0.478 e. The summed E-state index contributed by atoms with van der Waals surface area (Å²) in [5, 5.41) is 3.29. The Labute approximate surface area is 125 Å². The number of hydrogen-bond donors (Lipinski definition) is 1. The predicted molar refractivity (Wildman–Crippen MR) is 82.4 cm³/mol. The Kier molecular flexibility index (Phi) is 5.51. The highest BCUT2D eigenvalue weighted by molar-refractivity contribution is 5.39. The van der Waals surface area contributed by atoms with Gasteiger partial charge in [0.15, 0.2) is 5.82 Å². The minimum atomic E-state index is 0.361. The lowest BCUT2D eigenvalue weighted by molar-refractivity contribution is 0.176. The quantitative estimate of drug-likeness (QED) is 0.848. The van der Waals surface area contributed by atoms with Crippen molar-refractivity contribution in [2.24, 2.45) is 0 Å². The number of methoxy groups -OCH3 is 1. The van der Waals surface area contributed by atoms with Gasteiger partial charge in [0.05, 0.1) is 6.61 Å². The van der Waals surface area contributed by atoms with Crippen molar-refractivity contribution in [1.82, 2.24) is 9.97 Å². The van der Waals surface area contributed by atoms with Crippen molar-refractivity contribution in [1.29, 1.82) is 0 Å². The minimum Gasteiger partial charge on any atom is -0.478 e. The van der Waals surface area contributed by atoms with Crippen LogP contribution < -0.4 is 10.1 Å². The smallest absolute Gasteiger partial charge is 0.218 e. The van der Waals surface area contributed by atoms with Crippen molar-refractivity contribution < 1.29 is 9.47 Å². The lowest BCUT2D eigenvalue weighted by Gasteiger charge is -2.10. The lowest BCUT2D eigenvalue weighted by atomic mass is 10.1. The average Bonchev–Trinajstić information content (AvgIpc) is 2.47. The van der Waals surface area contributed by atoms with E-state index in [1.807, 2.05) is 6.92 Å². The van der Waals surface area contributed by atoms with Crippen LogP contribution in [0.25, 0.3) is 0 Å². The molecular weight excluding hydrogens is 266 g/mol. The maximum atomic E-state index is 5.45. The van der Waals surface area contributed by atoms with Crippen molar-refractivity contribution in [2.75, 3.05) is 19.0 Å². The second kappa shape index (κ2) is 7.59. The molecule has 1 aromatic heterocycles. The fourth-order valence-corrected chi connectivity index (χ4v) is 1.88. The van der Waals surface area contributed by atoms with E-state index in [4.69, 9.17) is 9.47 Å². The Balaban J connectivity index is 2.08. The van der Waals surface area contributed by atoms with Crippen LogP contribution >= 0.6 is 0 Å². The molecule has 0 unspecified atom stereocenters. The number of rotatable bonds is 7. The molecule has 2 aromatic rings. The molecule has 21 heavy (non-hydrogen) atoms. The zero-order valence-corrected chi connectivity index (χ0v) is 12.7. The Bertz CT molecular complexity index is 546. The van der Waals surface area contributed by atoms with Crippen LogP contribution in [0.4, 0.5) is 5.82 Å². The van der Waals surface area contributed by atoms with Crippen LogP contribution in [-0.2, 0) is 17.9 Å². The maximum absolute atomic E-state index is 5.45. The molecule has 0 fully saturated rings. The van der Waals surface area contributed by atoms with Crippen LogP contribution in [0.1, 0.15) is 23.9 Å². The molecule has 0 bridgehead atoms. The molecule has 1 heterocycles. The first-order chi connectivity index (χ1) is 10.2. The lowest BCUT2D eigenvalue weighted by Crippen LogP contribution is -2.07. The zero-order chi connectivity index (χ0) is 15.1. The van der Waals surface area contributed by atoms with Gasteiger partial charge in [0.1, 0.15) is 12.4 Å². The molecule has 112 valence electrons. The number of nitrogens with zero attached hydrogens (tertiary/aromatic N) is 2. The summed E-state index contributed by atoms with van der Waals surface area (Å²) in [6, 6.07) is 10.2. The third kappa shape index (κ3) is 4.72. The molecule has 5 nitrogen and oxygen atoms in total. The molecule has 5 heteroatoms. The highest BCUT2D eigenvalue weighted by Crippen LogP contribution is 2.15. The van der Waals surface area contributed by atoms with Gasteiger partial charge in [0.2, 0.25) is 5.88 Å². The van der Waals surface area contributed by atoms with Crippen LogP contribution in [0.5, 0.6) is 5.88 Å². The van der Waals surface area contributed by atoms with Gasteiger partial charge >= 0.3 is 0 Å². The SMILES string of the molecule is CCOc1cc(NCc2ccc(C)cc2)nc(COC)n1. The number of ether oxygens (including phenoxy) is 2. The molecule has 0 amide bonds. The Morgan fingerprint density at radius 3 is 2.57 bits per heavy atom. The van der Waals surface area contributed by atoms with Crippen LogP contribution in [0.2, 0.25) is 0 Å². The normalized spacial score (nSPS) is 10.4. The molecular formula is C16H21N3O2. The molecule has 1 N–H and O–H groups in total. The zero-order valence-electron chi connectivity index (χ0n) is 12.7. The number of hydrogen-bond acceptors (Lipinski definition) is 5. The summed E-state index contributed by atoms with van der Waals surface area (Å²) >= 11 is 0. The van der Waals surface area contributed by atoms with Gasteiger partial charge in [-0.15, -0.1) is 0 Å². The van der Waals surface area contributed by atoms with Gasteiger partial charge in [-0.25, -0.2) is 4.98 Å². The molecule has 1 aromatic carbocycles. The second-order valence-electron chi connectivity index (χ2n) is 4.71. The molecule has 0 aliphatic carbocycles. The Hall–Kier alpha value is -2.14. The van der Waals surface area contributed by atoms with Crippen LogP contribution in [-0.4, -0.2) is 23.7 Å². The van der Waals surface area contributed by atoms with Crippen LogP contribution in [0, 0.1) is 6.92 Å². The van der Waals surface area contributed by atoms with E-state index < -0.39 is 0 Å². The van der Waals surface area contributed by atoms with E-state index in [9.17, 15) is 0 Å². The fourth-order valence-electron chi connectivity index (χ4n) is 1.88. The fraction of sp³-hybridized carbons (Fsp3) is 0.375. The van der Waals surface area contributed by atoms with E-state index in [1.165, 1.54) is 11.1 Å². The summed E-state index contributed by atoms with van der Waals surface area (Å²) in [7, 11) is 1.62. The van der Waals surface area contributed by atoms with Gasteiger partial charge in [-0.1, -0.05) is 29.8 Å². The number of nitrogens with one attached hydrogen (secondary N) is 1. The third-order valence-electron chi connectivity index (χ3n) is 2.91. The third-order valence-corrected chi connectivity index (χ3v) is 2.91. The second-order valence-corrected chi connectivity index (χ2v) is 4.71. The molecule has 2 rings (SSSR count). The van der Waals surface area contributed by atoms with Crippen molar-refractivity contribution in [3.63, 3.8) is 0 Å². The van der Waals surface area contributed by atoms with Crippen molar-refractivity contribution in [3.05, 3.63) is 47.3 Å². The molecule has 0 aliphatic rings. The minimum absolute atomic E-state index is 0.361. The first-order valence-corrected chi connectivity index (χ1v) is 7.00. The monoisotopic (exact) mass is 287 g/mol. The number of aryl methyl sites for hydroxylation is 1. The highest BCUT2D eigenvalue weighted by atomic mass is 16.5. The number of aromatic nitrogens is 2. The summed E-state index contributed by atoms with van der Waals surface area (Å²) in [6.45, 7) is 5.64. The summed E-state index contributed by atoms with van der Waals surface area (Å²) in [5.74, 6) is 1.90. The van der Waals surface area contributed by atoms with E-state index in [1.54, 1.807) is 13.2 Å². The maximum Gasteiger partial charge on any atom is 0.218 e. The summed E-state index contributed by atoms with van der Waals surface area (Å²) in [6.07, 6.45) is 0. The first kappa shape index (κ1) is 15.3. The summed E-state index contributed by atoms with van der Waals surface area (Å²) in [5.41, 5.74) is 2.45. The number of benzene rings is 1. The van der Waals surface area contributed by atoms with Crippen molar-refractivity contribution in [2.45, 2.75) is 27.0 Å². The van der Waals surface area contributed by atoms with Gasteiger partial charge < -0.3 is 14.8 Å². The highest BCUT2D eigenvalue weighted by Gasteiger charge is 2.05. The number of anilines is 1. The van der Waals surface area contributed by atoms with Gasteiger partial charge in [-0.05, 0) is 19.4 Å². The van der Waals surface area contributed by atoms with E-state index in [-0.39, 0.29) is 0 Å². The van der Waals surface area contributed by atoms with Crippen LogP contribution in [0.3, 0.4) is 0 Å². The summed E-state index contributed by atoms with van der Waals surface area (Å²) < 4.78 is 10.5. The standard InChI is InChI=1S/C16H21N3O2/c1-4-21-16-9-14(18-15(19-16)11-20-3)17-10-13-7-5-12(2)6-8-13/h5-9H,4,10-11H2,1-3H3,(H,17,18,19). The van der Waals surface area contributed by atoms with Gasteiger partial charge in [0, 0.05) is 19.7 Å². The molecule has 0 saturated heterocycles. The predicted octanol–water partition coefficient (Wildman–Crippen LogP) is 2.94. The van der Waals surface area contributed by atoms with E-state index in [0.29, 0.717) is 31.5 Å². The Morgan fingerprint density at radius 2 is 1.90 bits per heavy atom. The average molecular weight is 287 g/mol. The van der Waals surface area contributed by atoms with Crippen molar-refractivity contribution in [3.8, 4) is 5.88 Å². The van der Waals surface area contributed by atoms with Gasteiger partial charge in [-0.3, -0.25) is 0 Å². The van der Waals surface area contributed by atoms with E-state index in [0.717, 1.165) is 5.82 Å². The topological polar surface area (TPSA) is 56.3 Å². The van der Waals surface area contributed by atoms with Gasteiger partial charge in [0.25, 0.3) is 0 Å². The van der Waals surface area contributed by atoms with E-state index >= 15 is 0 Å². The molecule has 0 radical (unpaired) electrons. The molecule has 0 aliphatic heterocycles. The Morgan fingerprint density at radius 1 is 1.14 bits per heavy atom. The first-order valence-electron chi connectivity index (χ1n) is 7.00. The van der Waals surface area contributed by atoms with Crippen LogP contribution in [0.15, 0.2) is 30.3 Å². The summed E-state index contributed by atoms with van der Waals surface area (Å²) in [4.78, 5) is 8.69. The van der Waals surface area contributed by atoms with Crippen molar-refractivity contribution >= 4 is 5.82 Å². The van der Waals surface area contributed by atoms with Gasteiger partial charge in [-0.2, -0.15) is 4.98 Å².